The average molecular weight is 436 g/mol. The Labute approximate surface area is 175 Å². The largest absolute Gasteiger partial charge is 0.452 e. The number of halogens is 2. The van der Waals surface area contributed by atoms with Crippen LogP contribution in [0.2, 0.25) is 0 Å². The molecule has 0 unspecified atom stereocenters. The van der Waals surface area contributed by atoms with E-state index < -0.39 is 30.0 Å². The van der Waals surface area contributed by atoms with Crippen LogP contribution in [0.3, 0.4) is 0 Å². The van der Waals surface area contributed by atoms with Gasteiger partial charge in [0.1, 0.15) is 5.03 Å². The fourth-order valence-corrected chi connectivity index (χ4v) is 3.99. The van der Waals surface area contributed by atoms with Crippen molar-refractivity contribution in [3.05, 3.63) is 42.1 Å². The summed E-state index contributed by atoms with van der Waals surface area (Å²) in [5, 5.41) is 2.45. The van der Waals surface area contributed by atoms with E-state index >= 15 is 0 Å². The van der Waals surface area contributed by atoms with Gasteiger partial charge in [0.2, 0.25) is 0 Å². The summed E-state index contributed by atoms with van der Waals surface area (Å²) in [5.74, 6) is -3.64. The SMILES string of the molecule is O=C(COC(=O)c1cccnc1SC(F)F)Nc1ccc2c(c1)OC1(CCCC1)O2. The van der Waals surface area contributed by atoms with Crippen LogP contribution in [0.4, 0.5) is 14.5 Å². The van der Waals surface area contributed by atoms with Crippen molar-refractivity contribution in [2.75, 3.05) is 11.9 Å². The average Bonchev–Trinajstić information content (AvgIpc) is 3.31. The van der Waals surface area contributed by atoms with Crippen molar-refractivity contribution < 1.29 is 32.6 Å². The molecule has 2 aliphatic rings. The second-order valence-electron chi connectivity index (χ2n) is 6.84. The minimum absolute atomic E-state index is 0.124. The first kappa shape index (κ1) is 20.4. The quantitative estimate of drug-likeness (QED) is 0.536. The van der Waals surface area contributed by atoms with E-state index in [9.17, 15) is 18.4 Å². The van der Waals surface area contributed by atoms with Gasteiger partial charge in [-0.05, 0) is 48.9 Å². The number of amides is 1. The van der Waals surface area contributed by atoms with Crippen LogP contribution in [0.5, 0.6) is 11.5 Å². The Balaban J connectivity index is 1.34. The van der Waals surface area contributed by atoms with Crippen LogP contribution in [0.15, 0.2) is 41.6 Å². The van der Waals surface area contributed by atoms with E-state index in [4.69, 9.17) is 14.2 Å². The molecule has 2 aromatic rings. The number of benzene rings is 1. The van der Waals surface area contributed by atoms with E-state index in [-0.39, 0.29) is 22.4 Å². The van der Waals surface area contributed by atoms with Crippen molar-refractivity contribution in [1.82, 2.24) is 4.98 Å². The molecule has 158 valence electrons. The first-order valence-electron chi connectivity index (χ1n) is 9.33. The number of aromatic nitrogens is 1. The zero-order chi connectivity index (χ0) is 21.1. The van der Waals surface area contributed by atoms with Gasteiger partial charge in [-0.15, -0.1) is 0 Å². The maximum absolute atomic E-state index is 12.6. The predicted molar refractivity (Wildman–Crippen MR) is 104 cm³/mol. The molecule has 1 amide bonds. The van der Waals surface area contributed by atoms with Gasteiger partial charge in [-0.2, -0.15) is 8.78 Å². The lowest BCUT2D eigenvalue weighted by molar-refractivity contribution is -0.119. The molecule has 1 N–H and O–H groups in total. The third-order valence-electron chi connectivity index (χ3n) is 4.71. The van der Waals surface area contributed by atoms with Crippen molar-refractivity contribution in [2.24, 2.45) is 0 Å². The topological polar surface area (TPSA) is 86.8 Å². The number of anilines is 1. The smallest absolute Gasteiger partial charge is 0.341 e. The maximum Gasteiger partial charge on any atom is 0.341 e. The van der Waals surface area contributed by atoms with Crippen LogP contribution in [0.1, 0.15) is 36.0 Å². The summed E-state index contributed by atoms with van der Waals surface area (Å²) in [6.45, 7) is -0.578. The lowest BCUT2D eigenvalue weighted by Crippen LogP contribution is -2.34. The van der Waals surface area contributed by atoms with Crippen LogP contribution >= 0.6 is 11.8 Å². The molecule has 10 heteroatoms. The van der Waals surface area contributed by atoms with Crippen LogP contribution in [-0.4, -0.2) is 35.0 Å². The lowest BCUT2D eigenvalue weighted by Gasteiger charge is -2.21. The number of carbonyl (C=O) groups excluding carboxylic acids is 2. The molecule has 1 aromatic carbocycles. The Hall–Kier alpha value is -2.88. The van der Waals surface area contributed by atoms with Gasteiger partial charge >= 0.3 is 5.97 Å². The molecule has 30 heavy (non-hydrogen) atoms. The minimum Gasteiger partial charge on any atom is -0.452 e. The third-order valence-corrected chi connectivity index (χ3v) is 5.44. The van der Waals surface area contributed by atoms with Crippen molar-refractivity contribution in [1.29, 1.82) is 0 Å². The first-order valence-corrected chi connectivity index (χ1v) is 10.2. The van der Waals surface area contributed by atoms with E-state index in [0.29, 0.717) is 17.2 Å². The van der Waals surface area contributed by atoms with E-state index in [2.05, 4.69) is 10.3 Å². The van der Waals surface area contributed by atoms with E-state index in [1.165, 1.54) is 18.3 Å². The number of hydrogen-bond acceptors (Lipinski definition) is 7. The highest BCUT2D eigenvalue weighted by atomic mass is 32.2. The number of thioether (sulfide) groups is 1. The molecule has 1 aromatic heterocycles. The highest BCUT2D eigenvalue weighted by Gasteiger charge is 2.44. The van der Waals surface area contributed by atoms with Crippen molar-refractivity contribution in [3.8, 4) is 11.5 Å². The summed E-state index contributed by atoms with van der Waals surface area (Å²) in [4.78, 5) is 28.1. The molecule has 7 nitrogen and oxygen atoms in total. The second kappa shape index (κ2) is 8.47. The van der Waals surface area contributed by atoms with Gasteiger partial charge < -0.3 is 19.5 Å². The summed E-state index contributed by atoms with van der Waals surface area (Å²) in [6, 6.07) is 7.77. The Morgan fingerprint density at radius 1 is 1.20 bits per heavy atom. The van der Waals surface area contributed by atoms with Gasteiger partial charge in [-0.1, -0.05) is 0 Å². The molecular formula is C20H18F2N2O5S. The van der Waals surface area contributed by atoms with E-state index in [1.807, 2.05) is 0 Å². The van der Waals surface area contributed by atoms with E-state index in [0.717, 1.165) is 25.7 Å². The summed E-state index contributed by atoms with van der Waals surface area (Å²) in [5.41, 5.74) is 0.337. The summed E-state index contributed by atoms with van der Waals surface area (Å²) >= 11 is 0.138. The number of carbonyl (C=O) groups is 2. The Morgan fingerprint density at radius 2 is 1.97 bits per heavy atom. The highest BCUT2D eigenvalue weighted by molar-refractivity contribution is 7.99. The molecule has 1 aliphatic heterocycles. The Morgan fingerprint density at radius 3 is 2.73 bits per heavy atom. The maximum atomic E-state index is 12.6. The van der Waals surface area contributed by atoms with Crippen LogP contribution < -0.4 is 14.8 Å². The van der Waals surface area contributed by atoms with Gasteiger partial charge in [0.05, 0.1) is 5.56 Å². The molecule has 1 spiro atoms. The Kier molecular flexibility index (Phi) is 5.76. The predicted octanol–water partition coefficient (Wildman–Crippen LogP) is 4.23. The van der Waals surface area contributed by atoms with Crippen LogP contribution in [0.25, 0.3) is 0 Å². The van der Waals surface area contributed by atoms with Gasteiger partial charge in [0.15, 0.2) is 18.1 Å². The summed E-state index contributed by atoms with van der Waals surface area (Å²) in [6.07, 6.45) is 5.01. The van der Waals surface area contributed by atoms with Crippen LogP contribution in [0, 0.1) is 0 Å². The molecule has 0 radical (unpaired) electrons. The number of nitrogens with zero attached hydrogens (tertiary/aromatic N) is 1. The number of ether oxygens (including phenoxy) is 3. The Bertz CT molecular complexity index is 966. The van der Waals surface area contributed by atoms with Gasteiger partial charge in [-0.3, -0.25) is 4.79 Å². The third kappa shape index (κ3) is 4.48. The highest BCUT2D eigenvalue weighted by Crippen LogP contribution is 2.47. The number of nitrogens with one attached hydrogen (secondary N) is 1. The van der Waals surface area contributed by atoms with Gasteiger partial charge in [-0.25, -0.2) is 9.78 Å². The number of hydrogen-bond donors (Lipinski definition) is 1. The van der Waals surface area contributed by atoms with Crippen molar-refractivity contribution >= 4 is 29.3 Å². The second-order valence-corrected chi connectivity index (χ2v) is 7.82. The summed E-state index contributed by atoms with van der Waals surface area (Å²) < 4.78 is 42.0. The molecular weight excluding hydrogens is 418 g/mol. The standard InChI is InChI=1S/C20H18F2N2O5S/c21-19(22)30-17-13(4-3-9-23-17)18(26)27-11-16(25)24-12-5-6-14-15(10-12)29-20(28-14)7-1-2-8-20/h3-6,9-10,19H,1-2,7-8,11H2,(H,24,25). The molecule has 2 heterocycles. The number of pyridine rings is 1. The van der Waals surface area contributed by atoms with Gasteiger partial charge in [0, 0.05) is 30.8 Å². The summed E-state index contributed by atoms with van der Waals surface area (Å²) in [7, 11) is 0. The molecule has 0 bridgehead atoms. The fourth-order valence-electron chi connectivity index (χ4n) is 3.42. The van der Waals surface area contributed by atoms with Crippen molar-refractivity contribution in [2.45, 2.75) is 42.3 Å². The van der Waals surface area contributed by atoms with Crippen molar-refractivity contribution in [3.63, 3.8) is 0 Å². The molecule has 0 atom stereocenters. The minimum atomic E-state index is -2.73. The molecule has 0 saturated heterocycles. The zero-order valence-corrected chi connectivity index (χ0v) is 16.5. The number of rotatable bonds is 6. The molecule has 4 rings (SSSR count). The molecule has 1 aliphatic carbocycles. The number of fused-ring (bicyclic) bond motifs is 1. The van der Waals surface area contributed by atoms with Gasteiger partial charge in [0.25, 0.3) is 17.5 Å². The number of esters is 1. The van der Waals surface area contributed by atoms with E-state index in [1.54, 1.807) is 18.2 Å². The first-order chi connectivity index (χ1) is 14.4. The van der Waals surface area contributed by atoms with Crippen LogP contribution in [-0.2, 0) is 9.53 Å². The number of alkyl halides is 2. The molecule has 1 saturated carbocycles. The molecule has 1 fully saturated rings. The zero-order valence-electron chi connectivity index (χ0n) is 15.7. The lowest BCUT2D eigenvalue weighted by atomic mass is 10.2. The fraction of sp³-hybridized carbons (Fsp3) is 0.350. The normalized spacial score (nSPS) is 16.1. The monoisotopic (exact) mass is 436 g/mol.